The van der Waals surface area contributed by atoms with Gasteiger partial charge in [-0.3, -0.25) is 24.5 Å². The van der Waals surface area contributed by atoms with Crippen molar-refractivity contribution in [2.75, 3.05) is 11.4 Å². The van der Waals surface area contributed by atoms with E-state index in [2.05, 4.69) is 0 Å². The second-order valence-electron chi connectivity index (χ2n) is 6.74. The van der Waals surface area contributed by atoms with Crippen molar-refractivity contribution in [1.82, 2.24) is 0 Å². The molecule has 8 nitrogen and oxygen atoms in total. The first-order valence-corrected chi connectivity index (χ1v) is 9.25. The highest BCUT2D eigenvalue weighted by molar-refractivity contribution is 6.02. The van der Waals surface area contributed by atoms with Crippen LogP contribution in [0.1, 0.15) is 30.1 Å². The van der Waals surface area contributed by atoms with Crippen LogP contribution in [-0.2, 0) is 14.3 Å². The molecule has 2 atom stereocenters. The van der Waals surface area contributed by atoms with Gasteiger partial charge in [-0.05, 0) is 18.6 Å². The van der Waals surface area contributed by atoms with Crippen molar-refractivity contribution in [2.45, 2.75) is 25.9 Å². The minimum Gasteiger partial charge on any atom is -0.454 e. The molecule has 150 valence electrons. The lowest BCUT2D eigenvalue weighted by molar-refractivity contribution is -0.384. The maximum absolute atomic E-state index is 12.6. The number of Topliss-reactive ketones (excluding diaryl/α,β-unsaturated/α-hetero) is 1. The maximum atomic E-state index is 12.6. The quantitative estimate of drug-likeness (QED) is 0.308. The molecule has 0 unspecified atom stereocenters. The first-order valence-electron chi connectivity index (χ1n) is 9.25. The largest absolute Gasteiger partial charge is 0.454 e. The van der Waals surface area contributed by atoms with Crippen molar-refractivity contribution >= 4 is 29.0 Å². The number of nitro benzene ring substituents is 1. The van der Waals surface area contributed by atoms with Crippen LogP contribution in [0.25, 0.3) is 0 Å². The Hall–Kier alpha value is -3.55. The normalized spacial score (nSPS) is 17.1. The SMILES string of the molecule is CC[C@@H](OC(=O)[C@@H]1CC(=O)N(c2ccc([N+](=O)[O-])cc2)C1)C(=O)c1ccccc1. The molecule has 2 aromatic rings. The Labute approximate surface area is 167 Å². The van der Waals surface area contributed by atoms with Crippen molar-refractivity contribution < 1.29 is 24.0 Å². The third-order valence-electron chi connectivity index (χ3n) is 4.81. The van der Waals surface area contributed by atoms with Crippen molar-refractivity contribution in [1.29, 1.82) is 0 Å². The summed E-state index contributed by atoms with van der Waals surface area (Å²) in [5, 5.41) is 10.8. The summed E-state index contributed by atoms with van der Waals surface area (Å²) in [5.41, 5.74) is 0.854. The molecular weight excluding hydrogens is 376 g/mol. The standard InChI is InChI=1S/C21H20N2O6/c1-2-18(20(25)14-6-4-3-5-7-14)29-21(26)15-12-19(24)22(13-15)16-8-10-17(11-9-16)23(27)28/h3-11,15,18H,2,12-13H2,1H3/t15-,18-/m1/s1. The third-order valence-corrected chi connectivity index (χ3v) is 4.81. The van der Waals surface area contributed by atoms with Crippen molar-refractivity contribution in [2.24, 2.45) is 5.92 Å². The molecule has 1 fully saturated rings. The van der Waals surface area contributed by atoms with Gasteiger partial charge in [-0.1, -0.05) is 37.3 Å². The van der Waals surface area contributed by atoms with Crippen LogP contribution >= 0.6 is 0 Å². The van der Waals surface area contributed by atoms with E-state index in [9.17, 15) is 24.5 Å². The van der Waals surface area contributed by atoms with Crippen LogP contribution in [0.4, 0.5) is 11.4 Å². The van der Waals surface area contributed by atoms with Gasteiger partial charge >= 0.3 is 5.97 Å². The van der Waals surface area contributed by atoms with Gasteiger partial charge in [-0.25, -0.2) is 0 Å². The number of rotatable bonds is 7. The monoisotopic (exact) mass is 396 g/mol. The Balaban J connectivity index is 1.66. The van der Waals surface area contributed by atoms with Crippen molar-refractivity contribution in [3.63, 3.8) is 0 Å². The molecule has 0 bridgehead atoms. The van der Waals surface area contributed by atoms with Crippen LogP contribution in [-0.4, -0.2) is 35.2 Å². The number of nitro groups is 1. The molecule has 0 aromatic heterocycles. The van der Waals surface area contributed by atoms with Gasteiger partial charge in [0, 0.05) is 36.3 Å². The number of anilines is 1. The Bertz CT molecular complexity index is 926. The number of ether oxygens (including phenoxy) is 1. The van der Waals surface area contributed by atoms with Gasteiger partial charge in [0.2, 0.25) is 11.7 Å². The summed E-state index contributed by atoms with van der Waals surface area (Å²) in [5.74, 6) is -1.85. The number of nitrogens with zero attached hydrogens (tertiary/aromatic N) is 2. The predicted octanol–water partition coefficient (Wildman–Crippen LogP) is 3.15. The maximum Gasteiger partial charge on any atom is 0.312 e. The van der Waals surface area contributed by atoms with Crippen LogP contribution in [0.2, 0.25) is 0 Å². The Morgan fingerprint density at radius 3 is 2.41 bits per heavy atom. The van der Waals surface area contributed by atoms with Crippen LogP contribution < -0.4 is 4.90 Å². The van der Waals surface area contributed by atoms with E-state index in [1.807, 2.05) is 0 Å². The molecule has 0 spiro atoms. The Morgan fingerprint density at radius 2 is 1.83 bits per heavy atom. The fourth-order valence-corrected chi connectivity index (χ4v) is 3.22. The minimum absolute atomic E-state index is 0.0359. The number of non-ortho nitro benzene ring substituents is 1. The van der Waals surface area contributed by atoms with Crippen LogP contribution in [0.3, 0.4) is 0 Å². The number of carbonyl (C=O) groups excluding carboxylic acids is 3. The highest BCUT2D eigenvalue weighted by atomic mass is 16.6. The van der Waals surface area contributed by atoms with E-state index in [0.717, 1.165) is 0 Å². The van der Waals surface area contributed by atoms with E-state index in [0.29, 0.717) is 17.7 Å². The van der Waals surface area contributed by atoms with Crippen LogP contribution in [0.15, 0.2) is 54.6 Å². The summed E-state index contributed by atoms with van der Waals surface area (Å²) in [6, 6.07) is 14.1. The average Bonchev–Trinajstić information content (AvgIpc) is 3.13. The zero-order valence-corrected chi connectivity index (χ0v) is 15.8. The van der Waals surface area contributed by atoms with E-state index >= 15 is 0 Å². The van der Waals surface area contributed by atoms with E-state index < -0.39 is 22.9 Å². The van der Waals surface area contributed by atoms with E-state index in [-0.39, 0.29) is 30.3 Å². The smallest absolute Gasteiger partial charge is 0.312 e. The molecule has 1 aliphatic rings. The lowest BCUT2D eigenvalue weighted by atomic mass is 10.0. The molecule has 1 saturated heterocycles. The summed E-state index contributed by atoms with van der Waals surface area (Å²) in [6.07, 6.45) is -0.619. The summed E-state index contributed by atoms with van der Waals surface area (Å²) in [6.45, 7) is 1.85. The third kappa shape index (κ3) is 4.48. The minimum atomic E-state index is -0.909. The second-order valence-corrected chi connectivity index (χ2v) is 6.74. The summed E-state index contributed by atoms with van der Waals surface area (Å²) in [4.78, 5) is 49.1. The number of ketones is 1. The number of hydrogen-bond acceptors (Lipinski definition) is 6. The van der Waals surface area contributed by atoms with Crippen molar-refractivity contribution in [3.05, 3.63) is 70.3 Å². The summed E-state index contributed by atoms with van der Waals surface area (Å²) in [7, 11) is 0. The summed E-state index contributed by atoms with van der Waals surface area (Å²) < 4.78 is 5.43. The number of carbonyl (C=O) groups is 3. The zero-order valence-electron chi connectivity index (χ0n) is 15.8. The van der Waals surface area contributed by atoms with Crippen LogP contribution in [0.5, 0.6) is 0 Å². The average molecular weight is 396 g/mol. The first-order chi connectivity index (χ1) is 13.9. The molecule has 0 saturated carbocycles. The number of esters is 1. The van der Waals surface area contributed by atoms with Gasteiger partial charge in [0.05, 0.1) is 10.8 Å². The summed E-state index contributed by atoms with van der Waals surface area (Å²) >= 11 is 0. The Morgan fingerprint density at radius 1 is 1.17 bits per heavy atom. The molecule has 29 heavy (non-hydrogen) atoms. The molecule has 1 heterocycles. The van der Waals surface area contributed by atoms with Gasteiger partial charge < -0.3 is 9.64 Å². The molecular formula is C21H20N2O6. The van der Waals surface area contributed by atoms with Gasteiger partial charge in [0.15, 0.2) is 6.10 Å². The van der Waals surface area contributed by atoms with Gasteiger partial charge in [-0.15, -0.1) is 0 Å². The lowest BCUT2D eigenvalue weighted by Crippen LogP contribution is -2.31. The zero-order chi connectivity index (χ0) is 21.0. The highest BCUT2D eigenvalue weighted by Gasteiger charge is 2.38. The molecule has 0 aliphatic carbocycles. The van der Waals surface area contributed by atoms with Gasteiger partial charge in [0.1, 0.15) is 0 Å². The van der Waals surface area contributed by atoms with E-state index in [1.165, 1.54) is 29.2 Å². The molecule has 0 radical (unpaired) electrons. The fourth-order valence-electron chi connectivity index (χ4n) is 3.22. The lowest BCUT2D eigenvalue weighted by Gasteiger charge is -2.19. The van der Waals surface area contributed by atoms with Crippen LogP contribution in [0, 0.1) is 16.0 Å². The molecule has 3 rings (SSSR count). The fraction of sp³-hybridized carbons (Fsp3) is 0.286. The van der Waals surface area contributed by atoms with Gasteiger partial charge in [-0.2, -0.15) is 0 Å². The molecule has 1 amide bonds. The predicted molar refractivity (Wildman–Crippen MR) is 104 cm³/mol. The topological polar surface area (TPSA) is 107 Å². The second kappa shape index (κ2) is 8.64. The molecule has 2 aromatic carbocycles. The molecule has 0 N–H and O–H groups in total. The molecule has 8 heteroatoms. The number of amides is 1. The molecule has 1 aliphatic heterocycles. The van der Waals surface area contributed by atoms with Crippen molar-refractivity contribution in [3.8, 4) is 0 Å². The van der Waals surface area contributed by atoms with Gasteiger partial charge in [0.25, 0.3) is 5.69 Å². The highest BCUT2D eigenvalue weighted by Crippen LogP contribution is 2.28. The number of benzene rings is 2. The van der Waals surface area contributed by atoms with E-state index in [1.54, 1.807) is 37.3 Å². The Kier molecular flexibility index (Phi) is 6.01. The number of hydrogen-bond donors (Lipinski definition) is 0. The van der Waals surface area contributed by atoms with E-state index in [4.69, 9.17) is 4.74 Å². The first kappa shape index (κ1) is 20.2.